The number of ether oxygens (including phenoxy) is 1. The standard InChI is InChI=1S/C24H20N4O5S/c29-24(32-16-22-26-23(27-33-22)19-8-4-12-25-15-19)18-7-3-10-20(14-18)34(30,31)28-13-5-9-17-6-1-2-11-21(17)28/h1-4,6-8,10-12,14-15H,5,9,13,16H2. The van der Waals surface area contributed by atoms with Crippen LogP contribution in [0.15, 0.2) is 82.5 Å². The monoisotopic (exact) mass is 476 g/mol. The maximum atomic E-state index is 13.4. The van der Waals surface area contributed by atoms with Gasteiger partial charge in [-0.25, -0.2) is 13.2 Å². The molecule has 1 aliphatic rings. The molecule has 0 N–H and O–H groups in total. The lowest BCUT2D eigenvalue weighted by molar-refractivity contribution is 0.0429. The predicted octanol–water partition coefficient (Wildman–Crippen LogP) is 3.63. The van der Waals surface area contributed by atoms with E-state index in [1.54, 1.807) is 30.6 Å². The van der Waals surface area contributed by atoms with E-state index in [1.165, 1.54) is 28.6 Å². The van der Waals surface area contributed by atoms with Gasteiger partial charge in [0, 0.05) is 24.5 Å². The number of benzene rings is 2. The van der Waals surface area contributed by atoms with Crippen molar-refractivity contribution in [2.75, 3.05) is 10.8 Å². The number of hydrogen-bond acceptors (Lipinski definition) is 8. The first kappa shape index (κ1) is 21.8. The lowest BCUT2D eigenvalue weighted by Crippen LogP contribution is -2.35. The van der Waals surface area contributed by atoms with Crippen molar-refractivity contribution in [2.24, 2.45) is 0 Å². The first-order chi connectivity index (χ1) is 16.5. The second kappa shape index (κ2) is 9.06. The van der Waals surface area contributed by atoms with E-state index in [0.29, 0.717) is 23.6 Å². The normalized spacial score (nSPS) is 13.4. The van der Waals surface area contributed by atoms with Crippen LogP contribution in [0.5, 0.6) is 0 Å². The Balaban J connectivity index is 1.31. The second-order valence-corrected chi connectivity index (χ2v) is 9.53. The van der Waals surface area contributed by atoms with Gasteiger partial charge in [0.25, 0.3) is 15.9 Å². The average Bonchev–Trinajstić information content (AvgIpc) is 3.37. The van der Waals surface area contributed by atoms with Crippen molar-refractivity contribution in [3.05, 3.63) is 90.1 Å². The molecule has 0 saturated carbocycles. The Hall–Kier alpha value is -4.05. The maximum Gasteiger partial charge on any atom is 0.338 e. The van der Waals surface area contributed by atoms with Crippen molar-refractivity contribution in [3.8, 4) is 11.4 Å². The highest BCUT2D eigenvalue weighted by molar-refractivity contribution is 7.92. The van der Waals surface area contributed by atoms with Crippen LogP contribution in [0, 0.1) is 0 Å². The van der Waals surface area contributed by atoms with Gasteiger partial charge in [-0.2, -0.15) is 4.98 Å². The number of hydrogen-bond donors (Lipinski definition) is 0. The van der Waals surface area contributed by atoms with Crippen LogP contribution in [0.3, 0.4) is 0 Å². The van der Waals surface area contributed by atoms with E-state index < -0.39 is 16.0 Å². The summed E-state index contributed by atoms with van der Waals surface area (Å²) in [5.41, 5.74) is 2.43. The Morgan fingerprint density at radius 2 is 1.97 bits per heavy atom. The van der Waals surface area contributed by atoms with Crippen LogP contribution in [0.1, 0.15) is 28.2 Å². The minimum absolute atomic E-state index is 0.0234. The summed E-state index contributed by atoms with van der Waals surface area (Å²) in [5.74, 6) is -0.257. The largest absolute Gasteiger partial charge is 0.452 e. The van der Waals surface area contributed by atoms with Gasteiger partial charge in [0.2, 0.25) is 5.82 Å². The van der Waals surface area contributed by atoms with Crippen molar-refractivity contribution < 1.29 is 22.5 Å². The topological polar surface area (TPSA) is 115 Å². The van der Waals surface area contributed by atoms with Gasteiger partial charge in [-0.15, -0.1) is 0 Å². The smallest absolute Gasteiger partial charge is 0.338 e. The summed E-state index contributed by atoms with van der Waals surface area (Å²) >= 11 is 0. The van der Waals surface area contributed by atoms with E-state index in [4.69, 9.17) is 9.26 Å². The van der Waals surface area contributed by atoms with Crippen LogP contribution in [0.25, 0.3) is 11.4 Å². The van der Waals surface area contributed by atoms with E-state index >= 15 is 0 Å². The van der Waals surface area contributed by atoms with Crippen molar-refractivity contribution >= 4 is 21.7 Å². The minimum Gasteiger partial charge on any atom is -0.452 e. The molecule has 9 nitrogen and oxygen atoms in total. The highest BCUT2D eigenvalue weighted by atomic mass is 32.2. The number of anilines is 1. The summed E-state index contributed by atoms with van der Waals surface area (Å²) in [4.78, 5) is 20.8. The van der Waals surface area contributed by atoms with Crippen LogP contribution < -0.4 is 4.31 Å². The maximum absolute atomic E-state index is 13.4. The zero-order valence-electron chi connectivity index (χ0n) is 18.0. The predicted molar refractivity (Wildman–Crippen MR) is 122 cm³/mol. The van der Waals surface area contributed by atoms with E-state index in [9.17, 15) is 13.2 Å². The molecular weight excluding hydrogens is 456 g/mol. The molecule has 0 radical (unpaired) electrons. The molecule has 0 bridgehead atoms. The van der Waals surface area contributed by atoms with E-state index in [0.717, 1.165) is 18.4 Å². The third kappa shape index (κ3) is 4.27. The molecule has 2 aromatic carbocycles. The van der Waals surface area contributed by atoms with E-state index in [1.807, 2.05) is 18.2 Å². The van der Waals surface area contributed by atoms with Gasteiger partial charge in [0.05, 0.1) is 16.1 Å². The Bertz CT molecular complexity index is 1440. The van der Waals surface area contributed by atoms with Gasteiger partial charge in [-0.1, -0.05) is 29.4 Å². The molecule has 3 heterocycles. The number of rotatable bonds is 6. The summed E-state index contributed by atoms with van der Waals surface area (Å²) in [5, 5.41) is 3.85. The Labute approximate surface area is 196 Å². The molecule has 0 aliphatic carbocycles. The molecule has 1 aliphatic heterocycles. The number of nitrogens with zero attached hydrogens (tertiary/aromatic N) is 4. The SMILES string of the molecule is O=C(OCc1nc(-c2cccnc2)no1)c1cccc(S(=O)(=O)N2CCCc3ccccc32)c1. The van der Waals surface area contributed by atoms with E-state index in [2.05, 4.69) is 15.1 Å². The molecule has 0 atom stereocenters. The number of sulfonamides is 1. The fourth-order valence-electron chi connectivity index (χ4n) is 3.80. The number of aromatic nitrogens is 3. The number of aryl methyl sites for hydroxylation is 1. The van der Waals surface area contributed by atoms with Crippen LogP contribution in [0.4, 0.5) is 5.69 Å². The quantitative estimate of drug-likeness (QED) is 0.388. The van der Waals surface area contributed by atoms with Crippen molar-refractivity contribution in [1.29, 1.82) is 0 Å². The third-order valence-corrected chi connectivity index (χ3v) is 7.25. The molecule has 0 unspecified atom stereocenters. The molecule has 2 aromatic heterocycles. The lowest BCUT2D eigenvalue weighted by Gasteiger charge is -2.30. The number of pyridine rings is 1. The average molecular weight is 477 g/mol. The Morgan fingerprint density at radius 3 is 2.82 bits per heavy atom. The fourth-order valence-corrected chi connectivity index (χ4v) is 5.38. The van der Waals surface area contributed by atoms with Gasteiger partial charge in [-0.05, 0) is 54.8 Å². The van der Waals surface area contributed by atoms with Crippen molar-refractivity contribution in [1.82, 2.24) is 15.1 Å². The van der Waals surface area contributed by atoms with Gasteiger partial charge in [-0.3, -0.25) is 9.29 Å². The summed E-state index contributed by atoms with van der Waals surface area (Å²) in [6.45, 7) is 0.132. The molecule has 0 saturated heterocycles. The molecule has 10 heteroatoms. The number of esters is 1. The van der Waals surface area contributed by atoms with E-state index in [-0.39, 0.29) is 23.0 Å². The molecule has 5 rings (SSSR count). The van der Waals surface area contributed by atoms with Crippen LogP contribution in [0.2, 0.25) is 0 Å². The first-order valence-electron chi connectivity index (χ1n) is 10.6. The molecule has 4 aromatic rings. The molecule has 34 heavy (non-hydrogen) atoms. The summed E-state index contributed by atoms with van der Waals surface area (Å²) in [6, 6.07) is 16.8. The zero-order chi connectivity index (χ0) is 23.5. The van der Waals surface area contributed by atoms with Gasteiger partial charge in [0.15, 0.2) is 6.61 Å². The Morgan fingerprint density at radius 1 is 1.09 bits per heavy atom. The summed E-state index contributed by atoms with van der Waals surface area (Å²) < 4.78 is 38.6. The highest BCUT2D eigenvalue weighted by Gasteiger charge is 2.29. The zero-order valence-corrected chi connectivity index (χ0v) is 18.8. The molecule has 0 spiro atoms. The van der Waals surface area contributed by atoms with Gasteiger partial charge < -0.3 is 9.26 Å². The second-order valence-electron chi connectivity index (χ2n) is 7.67. The third-order valence-electron chi connectivity index (χ3n) is 5.44. The molecule has 0 amide bonds. The summed E-state index contributed by atoms with van der Waals surface area (Å²) in [6.07, 6.45) is 4.77. The molecule has 0 fully saturated rings. The van der Waals surface area contributed by atoms with Crippen molar-refractivity contribution in [2.45, 2.75) is 24.3 Å². The van der Waals surface area contributed by atoms with Gasteiger partial charge in [0.1, 0.15) is 0 Å². The number of carbonyl (C=O) groups excluding carboxylic acids is 1. The van der Waals surface area contributed by atoms with Crippen LogP contribution in [-0.2, 0) is 27.8 Å². The number of fused-ring (bicyclic) bond motifs is 1. The van der Waals surface area contributed by atoms with Gasteiger partial charge >= 0.3 is 5.97 Å². The van der Waals surface area contributed by atoms with Crippen LogP contribution >= 0.6 is 0 Å². The first-order valence-corrected chi connectivity index (χ1v) is 12.1. The fraction of sp³-hybridized carbons (Fsp3) is 0.167. The number of carbonyl (C=O) groups is 1. The molecular formula is C24H20N4O5S. The Kier molecular flexibility index (Phi) is 5.81. The number of para-hydroxylation sites is 1. The summed E-state index contributed by atoms with van der Waals surface area (Å²) in [7, 11) is -3.85. The van der Waals surface area contributed by atoms with Crippen molar-refractivity contribution in [3.63, 3.8) is 0 Å². The lowest BCUT2D eigenvalue weighted by atomic mass is 10.0. The highest BCUT2D eigenvalue weighted by Crippen LogP contribution is 2.32. The van der Waals surface area contributed by atoms with Crippen LogP contribution in [-0.4, -0.2) is 36.1 Å². The minimum atomic E-state index is -3.85. The molecule has 172 valence electrons.